The third-order valence-electron chi connectivity index (χ3n) is 5.32. The highest BCUT2D eigenvalue weighted by molar-refractivity contribution is 6.31. The summed E-state index contributed by atoms with van der Waals surface area (Å²) in [6, 6.07) is 14.0. The minimum absolute atomic E-state index is 0.201. The normalized spacial score (nSPS) is 12.2. The predicted molar refractivity (Wildman–Crippen MR) is 121 cm³/mol. The first kappa shape index (κ1) is 21.2. The largest absolute Gasteiger partial charge is 0.390 e. The fraction of sp³-hybridized carbons (Fsp3) is 0.250. The molecule has 7 heteroatoms. The number of pyridine rings is 1. The summed E-state index contributed by atoms with van der Waals surface area (Å²) in [6.07, 6.45) is 4.28. The summed E-state index contributed by atoms with van der Waals surface area (Å²) in [4.78, 5) is 8.81. The molecular weight excluding hydrogens is 410 g/mol. The maximum absolute atomic E-state index is 9.82. The molecule has 0 saturated heterocycles. The zero-order valence-electron chi connectivity index (χ0n) is 17.7. The number of aryl methyl sites for hydroxylation is 2. The molecular formula is C24H24ClN5O. The van der Waals surface area contributed by atoms with E-state index in [1.54, 1.807) is 12.4 Å². The number of imidazole rings is 1. The SMILES string of the molecule is Cc1ccc([C@H](C)Cc2nnc(-c3ccc(-n4cnc(C)c4)c(CO)n3)cc2Cl)cc1. The highest BCUT2D eigenvalue weighted by atomic mass is 35.5. The molecule has 0 unspecified atom stereocenters. The molecule has 0 amide bonds. The maximum atomic E-state index is 9.82. The van der Waals surface area contributed by atoms with Crippen molar-refractivity contribution in [1.82, 2.24) is 24.7 Å². The molecule has 0 spiro atoms. The van der Waals surface area contributed by atoms with Crippen molar-refractivity contribution >= 4 is 11.6 Å². The van der Waals surface area contributed by atoms with E-state index in [0.29, 0.717) is 28.5 Å². The predicted octanol–water partition coefficient (Wildman–Crippen LogP) is 4.83. The van der Waals surface area contributed by atoms with Crippen LogP contribution >= 0.6 is 11.6 Å². The molecule has 31 heavy (non-hydrogen) atoms. The fourth-order valence-corrected chi connectivity index (χ4v) is 3.72. The van der Waals surface area contributed by atoms with Gasteiger partial charge in [0, 0.05) is 6.20 Å². The second-order valence-corrected chi connectivity index (χ2v) is 8.19. The first-order chi connectivity index (χ1) is 14.9. The Morgan fingerprint density at radius 2 is 1.77 bits per heavy atom. The Morgan fingerprint density at radius 3 is 2.42 bits per heavy atom. The summed E-state index contributed by atoms with van der Waals surface area (Å²) in [5.41, 5.74) is 6.61. The quantitative estimate of drug-likeness (QED) is 0.471. The van der Waals surface area contributed by atoms with E-state index in [1.165, 1.54) is 11.1 Å². The highest BCUT2D eigenvalue weighted by Crippen LogP contribution is 2.27. The minimum Gasteiger partial charge on any atom is -0.390 e. The van der Waals surface area contributed by atoms with Crippen LogP contribution in [0, 0.1) is 13.8 Å². The van der Waals surface area contributed by atoms with Gasteiger partial charge >= 0.3 is 0 Å². The van der Waals surface area contributed by atoms with Gasteiger partial charge in [-0.05, 0) is 49.9 Å². The Kier molecular flexibility index (Phi) is 6.11. The highest BCUT2D eigenvalue weighted by Gasteiger charge is 2.15. The van der Waals surface area contributed by atoms with Crippen molar-refractivity contribution in [3.63, 3.8) is 0 Å². The van der Waals surface area contributed by atoms with Gasteiger partial charge in [-0.15, -0.1) is 5.10 Å². The van der Waals surface area contributed by atoms with Gasteiger partial charge in [0.15, 0.2) is 0 Å². The molecule has 1 aromatic carbocycles. The second-order valence-electron chi connectivity index (χ2n) is 7.78. The van der Waals surface area contributed by atoms with Crippen molar-refractivity contribution in [3.8, 4) is 17.1 Å². The lowest BCUT2D eigenvalue weighted by Crippen LogP contribution is -2.05. The molecule has 4 rings (SSSR count). The maximum Gasteiger partial charge on any atom is 0.113 e. The molecule has 0 aliphatic heterocycles. The van der Waals surface area contributed by atoms with Gasteiger partial charge in [-0.25, -0.2) is 9.97 Å². The molecule has 0 radical (unpaired) electrons. The fourth-order valence-electron chi connectivity index (χ4n) is 3.50. The topological polar surface area (TPSA) is 76.7 Å². The molecule has 0 aliphatic rings. The first-order valence-corrected chi connectivity index (χ1v) is 10.5. The number of aliphatic hydroxyl groups is 1. The number of aromatic nitrogens is 5. The lowest BCUT2D eigenvalue weighted by molar-refractivity contribution is 0.276. The van der Waals surface area contributed by atoms with E-state index in [-0.39, 0.29) is 12.5 Å². The summed E-state index contributed by atoms with van der Waals surface area (Å²) in [5, 5.41) is 19.1. The zero-order valence-corrected chi connectivity index (χ0v) is 18.5. The molecule has 3 aromatic heterocycles. The van der Waals surface area contributed by atoms with E-state index < -0.39 is 0 Å². The first-order valence-electron chi connectivity index (χ1n) is 10.2. The van der Waals surface area contributed by atoms with E-state index in [2.05, 4.69) is 58.3 Å². The van der Waals surface area contributed by atoms with Gasteiger partial charge in [-0.3, -0.25) is 0 Å². The van der Waals surface area contributed by atoms with Crippen LogP contribution < -0.4 is 0 Å². The Labute approximate surface area is 186 Å². The standard InChI is InChI=1S/C24H24ClN5O/c1-15-4-6-18(7-5-15)16(2)10-21-19(25)11-22(29-28-21)20-8-9-24(23(13-31)27-20)30-12-17(3)26-14-30/h4-9,11-12,14,16,31H,10,13H2,1-3H3/t16-/m1/s1. The van der Waals surface area contributed by atoms with Crippen LogP contribution in [0.3, 0.4) is 0 Å². The smallest absolute Gasteiger partial charge is 0.113 e. The monoisotopic (exact) mass is 433 g/mol. The summed E-state index contributed by atoms with van der Waals surface area (Å²) in [6.45, 7) is 5.94. The van der Waals surface area contributed by atoms with Crippen LogP contribution in [0.2, 0.25) is 5.02 Å². The molecule has 1 N–H and O–H groups in total. The molecule has 4 aromatic rings. The number of hydrogen-bond acceptors (Lipinski definition) is 5. The Balaban J connectivity index is 1.58. The van der Waals surface area contributed by atoms with Crippen molar-refractivity contribution in [2.75, 3.05) is 0 Å². The van der Waals surface area contributed by atoms with E-state index in [9.17, 15) is 5.11 Å². The number of rotatable bonds is 6. The third-order valence-corrected chi connectivity index (χ3v) is 5.64. The molecule has 0 aliphatic carbocycles. The third kappa shape index (κ3) is 4.65. The van der Waals surface area contributed by atoms with E-state index in [1.807, 2.05) is 29.8 Å². The van der Waals surface area contributed by atoms with E-state index in [4.69, 9.17) is 11.6 Å². The molecule has 158 valence electrons. The van der Waals surface area contributed by atoms with Crippen molar-refractivity contribution in [2.45, 2.75) is 39.7 Å². The average Bonchev–Trinajstić information content (AvgIpc) is 3.21. The van der Waals surface area contributed by atoms with Gasteiger partial charge in [0.05, 0.1) is 46.4 Å². The van der Waals surface area contributed by atoms with Crippen molar-refractivity contribution < 1.29 is 5.11 Å². The zero-order chi connectivity index (χ0) is 22.0. The van der Waals surface area contributed by atoms with E-state index >= 15 is 0 Å². The van der Waals surface area contributed by atoms with Crippen molar-refractivity contribution in [2.24, 2.45) is 0 Å². The van der Waals surface area contributed by atoms with Gasteiger partial charge < -0.3 is 9.67 Å². The van der Waals surface area contributed by atoms with Crippen LogP contribution in [0.15, 0.2) is 55.0 Å². The number of hydrogen-bond donors (Lipinski definition) is 1. The van der Waals surface area contributed by atoms with Gasteiger partial charge in [0.1, 0.15) is 5.69 Å². The average molecular weight is 434 g/mol. The molecule has 3 heterocycles. The second kappa shape index (κ2) is 8.96. The molecule has 0 fully saturated rings. The molecule has 0 saturated carbocycles. The molecule has 6 nitrogen and oxygen atoms in total. The number of aliphatic hydroxyl groups excluding tert-OH is 1. The summed E-state index contributed by atoms with van der Waals surface area (Å²) in [5.74, 6) is 0.273. The van der Waals surface area contributed by atoms with Crippen LogP contribution in [-0.4, -0.2) is 29.8 Å². The van der Waals surface area contributed by atoms with E-state index in [0.717, 1.165) is 17.1 Å². The van der Waals surface area contributed by atoms with Gasteiger partial charge in [0.25, 0.3) is 0 Å². The molecule has 0 bridgehead atoms. The lowest BCUT2D eigenvalue weighted by atomic mass is 9.95. The Morgan fingerprint density at radius 1 is 1.00 bits per heavy atom. The van der Waals surface area contributed by atoms with Gasteiger partial charge in [0.2, 0.25) is 0 Å². The Bertz CT molecular complexity index is 1200. The van der Waals surface area contributed by atoms with Crippen LogP contribution in [0.25, 0.3) is 17.1 Å². The van der Waals surface area contributed by atoms with Gasteiger partial charge in [-0.1, -0.05) is 48.4 Å². The number of benzene rings is 1. The minimum atomic E-state index is -0.201. The summed E-state index contributed by atoms with van der Waals surface area (Å²) < 4.78 is 1.84. The van der Waals surface area contributed by atoms with Gasteiger partial charge in [-0.2, -0.15) is 5.10 Å². The Hall–Kier alpha value is -3.09. The lowest BCUT2D eigenvalue weighted by Gasteiger charge is -2.13. The number of halogens is 1. The van der Waals surface area contributed by atoms with Crippen molar-refractivity contribution in [1.29, 1.82) is 0 Å². The van der Waals surface area contributed by atoms with Crippen LogP contribution in [0.4, 0.5) is 0 Å². The van der Waals surface area contributed by atoms with Crippen molar-refractivity contribution in [3.05, 3.63) is 88.2 Å². The van der Waals surface area contributed by atoms with Crippen LogP contribution in [0.5, 0.6) is 0 Å². The number of nitrogens with zero attached hydrogens (tertiary/aromatic N) is 5. The summed E-state index contributed by atoms with van der Waals surface area (Å²) in [7, 11) is 0. The van der Waals surface area contributed by atoms with Crippen LogP contribution in [0.1, 0.15) is 41.1 Å². The van der Waals surface area contributed by atoms with Crippen LogP contribution in [-0.2, 0) is 13.0 Å². The molecule has 1 atom stereocenters. The summed E-state index contributed by atoms with van der Waals surface area (Å²) >= 11 is 6.55.